The Balaban J connectivity index is 2.32. The van der Waals surface area contributed by atoms with Gasteiger partial charge in [-0.3, -0.25) is 14.9 Å². The molecule has 102 valence electrons. The minimum atomic E-state index is -0.496. The van der Waals surface area contributed by atoms with E-state index >= 15 is 0 Å². The Morgan fingerprint density at radius 3 is 2.95 bits per heavy atom. The average molecular weight is 328 g/mol. The first-order valence-corrected chi connectivity index (χ1v) is 6.75. The SMILES string of the molecule is C[C@H]1CNCCN1C(=O)c1cc([N+](=O)[O-])ccc1Br. The van der Waals surface area contributed by atoms with Crippen molar-refractivity contribution in [2.24, 2.45) is 0 Å². The van der Waals surface area contributed by atoms with Crippen molar-refractivity contribution in [1.82, 2.24) is 10.2 Å². The molecule has 1 N–H and O–H groups in total. The minimum Gasteiger partial charge on any atom is -0.333 e. The standard InChI is InChI=1S/C12H14BrN3O3/c1-8-7-14-4-5-15(8)12(17)10-6-9(16(18)19)2-3-11(10)13/h2-3,6,8,14H,4-5,7H2,1H3/t8-/m0/s1. The van der Waals surface area contributed by atoms with Crippen LogP contribution in [0.3, 0.4) is 0 Å². The molecule has 7 heteroatoms. The molecule has 1 aliphatic rings. The number of hydrogen-bond donors (Lipinski definition) is 1. The molecule has 0 bridgehead atoms. The first-order chi connectivity index (χ1) is 9.00. The number of nitro benzene ring substituents is 1. The quantitative estimate of drug-likeness (QED) is 0.663. The number of hydrogen-bond acceptors (Lipinski definition) is 4. The molecule has 1 amide bonds. The molecule has 1 aliphatic heterocycles. The van der Waals surface area contributed by atoms with Gasteiger partial charge in [-0.15, -0.1) is 0 Å². The molecule has 1 atom stereocenters. The summed E-state index contributed by atoms with van der Waals surface area (Å²) < 4.78 is 0.578. The normalized spacial score (nSPS) is 19.3. The van der Waals surface area contributed by atoms with Crippen molar-refractivity contribution in [3.05, 3.63) is 38.3 Å². The number of nitrogens with one attached hydrogen (secondary N) is 1. The molecule has 6 nitrogen and oxygen atoms in total. The summed E-state index contributed by atoms with van der Waals surface area (Å²) in [5, 5.41) is 14.0. The molecule has 0 unspecified atom stereocenters. The van der Waals surface area contributed by atoms with E-state index in [1.54, 1.807) is 4.90 Å². The van der Waals surface area contributed by atoms with E-state index in [0.29, 0.717) is 16.6 Å². The summed E-state index contributed by atoms with van der Waals surface area (Å²) in [6.07, 6.45) is 0. The summed E-state index contributed by atoms with van der Waals surface area (Å²) in [5.41, 5.74) is 0.261. The number of amides is 1. The molecule has 1 heterocycles. The predicted octanol–water partition coefficient (Wildman–Crippen LogP) is 1.79. The number of nitrogens with zero attached hydrogens (tertiary/aromatic N) is 2. The maximum Gasteiger partial charge on any atom is 0.270 e. The molecule has 1 fully saturated rings. The maximum atomic E-state index is 12.5. The van der Waals surface area contributed by atoms with E-state index < -0.39 is 4.92 Å². The largest absolute Gasteiger partial charge is 0.333 e. The zero-order valence-electron chi connectivity index (χ0n) is 10.4. The maximum absolute atomic E-state index is 12.5. The van der Waals surface area contributed by atoms with Crippen molar-refractivity contribution in [2.45, 2.75) is 13.0 Å². The number of carbonyl (C=O) groups excluding carboxylic acids is 1. The van der Waals surface area contributed by atoms with E-state index in [4.69, 9.17) is 0 Å². The van der Waals surface area contributed by atoms with Gasteiger partial charge < -0.3 is 10.2 Å². The van der Waals surface area contributed by atoms with Crippen LogP contribution in [0.15, 0.2) is 22.7 Å². The van der Waals surface area contributed by atoms with E-state index in [1.165, 1.54) is 18.2 Å². The Labute approximate surface area is 119 Å². The molecule has 2 rings (SSSR count). The predicted molar refractivity (Wildman–Crippen MR) is 74.2 cm³/mol. The van der Waals surface area contributed by atoms with Crippen LogP contribution >= 0.6 is 15.9 Å². The molecule has 1 saturated heterocycles. The van der Waals surface area contributed by atoms with E-state index in [-0.39, 0.29) is 17.6 Å². The molecule has 0 spiro atoms. The van der Waals surface area contributed by atoms with E-state index in [2.05, 4.69) is 21.2 Å². The second-order valence-corrected chi connectivity index (χ2v) is 5.33. The number of halogens is 1. The van der Waals surface area contributed by atoms with Crippen LogP contribution in [0.1, 0.15) is 17.3 Å². The molecule has 0 saturated carbocycles. The van der Waals surface area contributed by atoms with Gasteiger partial charge in [0.25, 0.3) is 11.6 Å². The Morgan fingerprint density at radius 1 is 1.58 bits per heavy atom. The molecule has 19 heavy (non-hydrogen) atoms. The highest BCUT2D eigenvalue weighted by molar-refractivity contribution is 9.10. The molecular weight excluding hydrogens is 314 g/mol. The van der Waals surface area contributed by atoms with Gasteiger partial charge in [0.1, 0.15) is 0 Å². The lowest BCUT2D eigenvalue weighted by molar-refractivity contribution is -0.384. The van der Waals surface area contributed by atoms with Crippen molar-refractivity contribution in [3.63, 3.8) is 0 Å². The van der Waals surface area contributed by atoms with Gasteiger partial charge in [-0.2, -0.15) is 0 Å². The summed E-state index contributed by atoms with van der Waals surface area (Å²) in [4.78, 5) is 24.5. The molecule has 0 aliphatic carbocycles. The second-order valence-electron chi connectivity index (χ2n) is 4.47. The zero-order valence-corrected chi connectivity index (χ0v) is 12.0. The summed E-state index contributed by atoms with van der Waals surface area (Å²) in [5.74, 6) is -0.176. The van der Waals surface area contributed by atoms with Crippen LogP contribution in [0, 0.1) is 10.1 Å². The lowest BCUT2D eigenvalue weighted by Crippen LogP contribution is -2.52. The summed E-state index contributed by atoms with van der Waals surface area (Å²) >= 11 is 3.28. The minimum absolute atomic E-state index is 0.0747. The van der Waals surface area contributed by atoms with Gasteiger partial charge in [0, 0.05) is 42.3 Å². The first-order valence-electron chi connectivity index (χ1n) is 5.96. The van der Waals surface area contributed by atoms with Crippen molar-refractivity contribution in [2.75, 3.05) is 19.6 Å². The highest BCUT2D eigenvalue weighted by atomic mass is 79.9. The van der Waals surface area contributed by atoms with Crippen LogP contribution in [-0.2, 0) is 0 Å². The number of non-ortho nitro benzene ring substituents is 1. The van der Waals surface area contributed by atoms with Crippen molar-refractivity contribution in [1.29, 1.82) is 0 Å². The first kappa shape index (κ1) is 14.0. The third-order valence-corrected chi connectivity index (χ3v) is 3.84. The Hall–Kier alpha value is -1.47. The van der Waals surface area contributed by atoms with Crippen molar-refractivity contribution in [3.8, 4) is 0 Å². The topological polar surface area (TPSA) is 75.5 Å². The highest BCUT2D eigenvalue weighted by Gasteiger charge is 2.26. The second kappa shape index (κ2) is 5.66. The third kappa shape index (κ3) is 2.93. The summed E-state index contributed by atoms with van der Waals surface area (Å²) in [7, 11) is 0. The zero-order chi connectivity index (χ0) is 14.0. The van der Waals surface area contributed by atoms with Gasteiger partial charge in [0.15, 0.2) is 0 Å². The number of rotatable bonds is 2. The number of carbonyl (C=O) groups is 1. The fourth-order valence-corrected chi connectivity index (χ4v) is 2.50. The Kier molecular flexibility index (Phi) is 4.16. The average Bonchev–Trinajstić information content (AvgIpc) is 2.38. The van der Waals surface area contributed by atoms with Gasteiger partial charge >= 0.3 is 0 Å². The van der Waals surface area contributed by atoms with Gasteiger partial charge in [-0.25, -0.2) is 0 Å². The van der Waals surface area contributed by atoms with E-state index in [9.17, 15) is 14.9 Å². The fourth-order valence-electron chi connectivity index (χ4n) is 2.09. The van der Waals surface area contributed by atoms with Gasteiger partial charge in [0.2, 0.25) is 0 Å². The molecular formula is C12H14BrN3O3. The van der Waals surface area contributed by atoms with Crippen LogP contribution in [0.25, 0.3) is 0 Å². The van der Waals surface area contributed by atoms with Crippen LogP contribution in [-0.4, -0.2) is 41.4 Å². The fraction of sp³-hybridized carbons (Fsp3) is 0.417. The number of benzene rings is 1. The Morgan fingerprint density at radius 2 is 2.32 bits per heavy atom. The Bertz CT molecular complexity index is 521. The van der Waals surface area contributed by atoms with Gasteiger partial charge in [0.05, 0.1) is 10.5 Å². The van der Waals surface area contributed by atoms with Gasteiger partial charge in [-0.05, 0) is 28.9 Å². The summed E-state index contributed by atoms with van der Waals surface area (Å²) in [6, 6.07) is 4.31. The van der Waals surface area contributed by atoms with Crippen LogP contribution in [0.5, 0.6) is 0 Å². The van der Waals surface area contributed by atoms with Gasteiger partial charge in [-0.1, -0.05) is 0 Å². The summed E-state index contributed by atoms with van der Waals surface area (Å²) in [6.45, 7) is 4.03. The number of piperazine rings is 1. The molecule has 1 aromatic rings. The number of nitro groups is 1. The molecule has 1 aromatic carbocycles. The third-order valence-electron chi connectivity index (χ3n) is 3.15. The smallest absolute Gasteiger partial charge is 0.270 e. The van der Waals surface area contributed by atoms with Crippen LogP contribution in [0.2, 0.25) is 0 Å². The van der Waals surface area contributed by atoms with E-state index in [0.717, 1.165) is 13.1 Å². The molecule has 0 radical (unpaired) electrons. The van der Waals surface area contributed by atoms with E-state index in [1.807, 2.05) is 6.92 Å². The highest BCUT2D eigenvalue weighted by Crippen LogP contribution is 2.24. The van der Waals surface area contributed by atoms with Crippen molar-refractivity contribution >= 4 is 27.5 Å². The van der Waals surface area contributed by atoms with Crippen LogP contribution < -0.4 is 5.32 Å². The lowest BCUT2D eigenvalue weighted by Gasteiger charge is -2.34. The van der Waals surface area contributed by atoms with Crippen molar-refractivity contribution < 1.29 is 9.72 Å². The lowest BCUT2D eigenvalue weighted by atomic mass is 10.1. The molecule has 0 aromatic heterocycles. The van der Waals surface area contributed by atoms with Crippen LogP contribution in [0.4, 0.5) is 5.69 Å². The monoisotopic (exact) mass is 327 g/mol.